The van der Waals surface area contributed by atoms with Crippen LogP contribution in [0.25, 0.3) is 21.3 Å². The van der Waals surface area contributed by atoms with E-state index in [1.54, 1.807) is 6.07 Å². The minimum Gasteiger partial charge on any atom is -0.375 e. The van der Waals surface area contributed by atoms with Crippen molar-refractivity contribution in [2.24, 2.45) is 0 Å². The maximum Gasteiger partial charge on any atom is 0.287 e. The molecule has 1 amide bonds. The van der Waals surface area contributed by atoms with Crippen LogP contribution in [-0.4, -0.2) is 59.6 Å². The number of rotatable bonds is 6. The molecule has 0 aliphatic carbocycles. The molecule has 1 fully saturated rings. The molecular formula is C31H34N6O2S. The number of carbonyl (C=O) groups excluding carboxylic acids is 1. The number of nitrogens with one attached hydrogen (secondary N) is 3. The Morgan fingerprint density at radius 2 is 1.82 bits per heavy atom. The van der Waals surface area contributed by atoms with Crippen molar-refractivity contribution >= 4 is 38.7 Å². The van der Waals surface area contributed by atoms with Crippen LogP contribution in [0, 0.1) is 6.92 Å². The van der Waals surface area contributed by atoms with E-state index in [1.807, 2.05) is 69.3 Å². The molecule has 0 bridgehead atoms. The van der Waals surface area contributed by atoms with Gasteiger partial charge < -0.3 is 15.5 Å². The van der Waals surface area contributed by atoms with E-state index in [0.717, 1.165) is 52.1 Å². The molecule has 3 N–H and O–H groups in total. The van der Waals surface area contributed by atoms with Gasteiger partial charge in [0.1, 0.15) is 5.69 Å². The van der Waals surface area contributed by atoms with Gasteiger partial charge in [0, 0.05) is 54.0 Å². The maximum atomic E-state index is 13.1. The van der Waals surface area contributed by atoms with Crippen LogP contribution in [-0.2, 0) is 0 Å². The Balaban J connectivity index is 1.41. The van der Waals surface area contributed by atoms with E-state index < -0.39 is 0 Å². The van der Waals surface area contributed by atoms with E-state index in [-0.39, 0.29) is 11.5 Å². The molecule has 2 aromatic heterocycles. The lowest BCUT2D eigenvalue weighted by Gasteiger charge is -2.34. The molecule has 0 radical (unpaired) electrons. The zero-order valence-corrected chi connectivity index (χ0v) is 24.3. The number of H-pyrrole nitrogens is 1. The van der Waals surface area contributed by atoms with Crippen LogP contribution in [0.1, 0.15) is 29.1 Å². The van der Waals surface area contributed by atoms with Gasteiger partial charge >= 0.3 is 0 Å². The Bertz CT molecular complexity index is 1660. The second kappa shape index (κ2) is 11.5. The first-order valence-electron chi connectivity index (χ1n) is 13.2. The lowest BCUT2D eigenvalue weighted by Crippen LogP contribution is -2.40. The van der Waals surface area contributed by atoms with E-state index in [4.69, 9.17) is 0 Å². The molecule has 9 heteroatoms. The summed E-state index contributed by atoms with van der Waals surface area (Å²) in [6.45, 7) is 8.79. The van der Waals surface area contributed by atoms with Crippen molar-refractivity contribution in [1.82, 2.24) is 20.0 Å². The summed E-state index contributed by atoms with van der Waals surface area (Å²) in [7, 11) is 4.20. The van der Waals surface area contributed by atoms with Gasteiger partial charge in [-0.25, -0.2) is 5.10 Å². The monoisotopic (exact) mass is 554 g/mol. The first kappa shape index (κ1) is 27.4. The third kappa shape index (κ3) is 5.85. The number of nitrogens with zero attached hydrogens (tertiary/aromatic N) is 3. The SMILES string of the molecule is CC(C)=C(/C=C1/CN(C)CCN1C)Nc1cc(-c2cccc(NC(=O)c3cc4ccccc4s3)c2C)n[nH]c1=O. The molecule has 0 saturated carbocycles. The lowest BCUT2D eigenvalue weighted by atomic mass is 10.0. The van der Waals surface area contributed by atoms with Gasteiger partial charge in [-0.1, -0.05) is 35.9 Å². The highest BCUT2D eigenvalue weighted by Gasteiger charge is 2.17. The van der Waals surface area contributed by atoms with Crippen LogP contribution in [0.3, 0.4) is 0 Å². The maximum absolute atomic E-state index is 13.1. The number of allylic oxidation sites excluding steroid dienone is 2. The summed E-state index contributed by atoms with van der Waals surface area (Å²) >= 11 is 1.47. The number of aromatic amines is 1. The van der Waals surface area contributed by atoms with Crippen LogP contribution in [0.5, 0.6) is 0 Å². The molecule has 4 aromatic rings. The van der Waals surface area contributed by atoms with Gasteiger partial charge in [0.2, 0.25) is 0 Å². The summed E-state index contributed by atoms with van der Waals surface area (Å²) in [5.74, 6) is -0.155. The first-order valence-corrected chi connectivity index (χ1v) is 14.1. The number of hydrogen-bond donors (Lipinski definition) is 3. The molecule has 1 aliphatic rings. The zero-order valence-electron chi connectivity index (χ0n) is 23.5. The third-order valence-electron chi connectivity index (χ3n) is 7.17. The summed E-state index contributed by atoms with van der Waals surface area (Å²) in [4.78, 5) is 31.1. The molecule has 40 heavy (non-hydrogen) atoms. The Kier molecular flexibility index (Phi) is 7.86. The van der Waals surface area contributed by atoms with E-state index in [9.17, 15) is 9.59 Å². The highest BCUT2D eigenvalue weighted by molar-refractivity contribution is 7.20. The van der Waals surface area contributed by atoms with Gasteiger partial charge in [0.15, 0.2) is 0 Å². The van der Waals surface area contributed by atoms with Crippen LogP contribution < -0.4 is 16.2 Å². The van der Waals surface area contributed by atoms with Crippen molar-refractivity contribution in [3.05, 3.63) is 98.4 Å². The number of hydrogen-bond acceptors (Lipinski definition) is 7. The number of amides is 1. The van der Waals surface area contributed by atoms with Crippen LogP contribution in [0.15, 0.2) is 82.4 Å². The van der Waals surface area contributed by atoms with E-state index >= 15 is 0 Å². The zero-order chi connectivity index (χ0) is 28.4. The van der Waals surface area contributed by atoms with Crippen molar-refractivity contribution < 1.29 is 4.79 Å². The number of carbonyl (C=O) groups is 1. The highest BCUT2D eigenvalue weighted by atomic mass is 32.1. The first-order chi connectivity index (χ1) is 19.2. The molecule has 1 saturated heterocycles. The molecule has 0 unspecified atom stereocenters. The fourth-order valence-electron chi connectivity index (χ4n) is 4.68. The number of aromatic nitrogens is 2. The van der Waals surface area contributed by atoms with Gasteiger partial charge in [-0.2, -0.15) is 5.10 Å². The summed E-state index contributed by atoms with van der Waals surface area (Å²) in [6, 6.07) is 17.3. The van der Waals surface area contributed by atoms with E-state index in [0.29, 0.717) is 21.9 Å². The minimum absolute atomic E-state index is 0.155. The standard InChI is InChI=1S/C31H34N6O2S/c1-19(2)25(16-22-18-36(4)13-14-37(22)5)32-27-17-26(34-35-30(27)38)23-10-8-11-24(20(23)3)33-31(39)29-15-21-9-6-7-12-28(21)40-29/h6-12,15-17H,13-14,18H2,1-5H3,(H,32,34)(H,33,39)(H,35,38)/b22-16-. The largest absolute Gasteiger partial charge is 0.375 e. The average molecular weight is 555 g/mol. The predicted molar refractivity (Wildman–Crippen MR) is 165 cm³/mol. The number of thiophene rings is 1. The predicted octanol–water partition coefficient (Wildman–Crippen LogP) is 5.68. The van der Waals surface area contributed by atoms with Crippen molar-refractivity contribution in [2.75, 3.05) is 44.4 Å². The summed E-state index contributed by atoms with van der Waals surface area (Å²) in [5, 5.41) is 14.4. The summed E-state index contributed by atoms with van der Waals surface area (Å²) < 4.78 is 1.07. The Morgan fingerprint density at radius 3 is 2.60 bits per heavy atom. The molecule has 1 aliphatic heterocycles. The Morgan fingerprint density at radius 1 is 1.02 bits per heavy atom. The molecule has 206 valence electrons. The Hall–Kier alpha value is -4.21. The van der Waals surface area contributed by atoms with Crippen LogP contribution in [0.4, 0.5) is 11.4 Å². The number of likely N-dealkylation sites (N-methyl/N-ethyl adjacent to an activating group) is 2. The molecule has 2 aromatic carbocycles. The lowest BCUT2D eigenvalue weighted by molar-refractivity contribution is 0.103. The minimum atomic E-state index is -0.304. The number of anilines is 2. The highest BCUT2D eigenvalue weighted by Crippen LogP contribution is 2.30. The van der Waals surface area contributed by atoms with Crippen molar-refractivity contribution in [3.8, 4) is 11.3 Å². The van der Waals surface area contributed by atoms with Gasteiger partial charge in [-0.05, 0) is 69.1 Å². The van der Waals surface area contributed by atoms with Gasteiger partial charge in [0.05, 0.1) is 10.6 Å². The quantitative estimate of drug-likeness (QED) is 0.284. The molecule has 8 nitrogen and oxygen atoms in total. The summed E-state index contributed by atoms with van der Waals surface area (Å²) in [6.07, 6.45) is 2.11. The van der Waals surface area contributed by atoms with Crippen LogP contribution >= 0.6 is 11.3 Å². The smallest absolute Gasteiger partial charge is 0.287 e. The molecular weight excluding hydrogens is 520 g/mol. The van der Waals surface area contributed by atoms with Crippen molar-refractivity contribution in [1.29, 1.82) is 0 Å². The molecule has 3 heterocycles. The molecule has 0 spiro atoms. The Labute approximate surface area is 238 Å². The van der Waals surface area contributed by atoms with Crippen LogP contribution in [0.2, 0.25) is 0 Å². The molecule has 0 atom stereocenters. The van der Waals surface area contributed by atoms with E-state index in [1.165, 1.54) is 17.0 Å². The average Bonchev–Trinajstić information content (AvgIpc) is 3.37. The second-order valence-electron chi connectivity index (χ2n) is 10.4. The second-order valence-corrected chi connectivity index (χ2v) is 11.5. The number of piperazine rings is 1. The fourth-order valence-corrected chi connectivity index (χ4v) is 5.63. The summed E-state index contributed by atoms with van der Waals surface area (Å²) in [5.41, 5.74) is 6.20. The molecule has 5 rings (SSSR count). The third-order valence-corrected chi connectivity index (χ3v) is 8.28. The van der Waals surface area contributed by atoms with Crippen molar-refractivity contribution in [3.63, 3.8) is 0 Å². The normalized spacial score (nSPS) is 14.9. The van der Waals surface area contributed by atoms with Gasteiger partial charge in [0.25, 0.3) is 11.5 Å². The number of fused-ring (bicyclic) bond motifs is 1. The number of benzene rings is 2. The van der Waals surface area contributed by atoms with E-state index in [2.05, 4.69) is 50.8 Å². The van der Waals surface area contributed by atoms with Crippen molar-refractivity contribution in [2.45, 2.75) is 20.8 Å². The fraction of sp³-hybridized carbons (Fsp3) is 0.258. The van der Waals surface area contributed by atoms with Gasteiger partial charge in [-0.15, -0.1) is 11.3 Å². The topological polar surface area (TPSA) is 93.4 Å². The van der Waals surface area contributed by atoms with Gasteiger partial charge in [-0.3, -0.25) is 14.5 Å².